The second-order valence-corrected chi connectivity index (χ2v) is 12.2. The van der Waals surface area contributed by atoms with Gasteiger partial charge in [-0.15, -0.1) is 0 Å². The Morgan fingerprint density at radius 2 is 0.463 bits per heavy atom. The summed E-state index contributed by atoms with van der Waals surface area (Å²) in [5.74, 6) is -1.31. The lowest BCUT2D eigenvalue weighted by Crippen LogP contribution is -1.93. The van der Waals surface area contributed by atoms with Crippen molar-refractivity contribution in [1.29, 1.82) is 0 Å². The van der Waals surface area contributed by atoms with Gasteiger partial charge in [0.05, 0.1) is 0 Å². The van der Waals surface area contributed by atoms with Crippen molar-refractivity contribution >= 4 is 29.3 Å². The summed E-state index contributed by atoms with van der Waals surface area (Å²) in [5.41, 5.74) is 0. The molecule has 0 aliphatic carbocycles. The fourth-order valence-electron chi connectivity index (χ4n) is 5.30. The molecule has 246 valence electrons. The Hall–Kier alpha value is -0.528. The van der Waals surface area contributed by atoms with Crippen LogP contribution < -0.4 is 0 Å². The van der Waals surface area contributed by atoms with Crippen molar-refractivity contribution in [2.45, 2.75) is 219 Å². The van der Waals surface area contributed by atoms with Gasteiger partial charge in [0.25, 0.3) is 0 Å². The number of carboxylic acids is 2. The lowest BCUT2D eigenvalue weighted by Gasteiger charge is -2.03. The molecular weight excluding hydrogens is 523 g/mol. The monoisotopic (exact) mass is 599 g/mol. The molecule has 0 amide bonds. The van der Waals surface area contributed by atoms with Gasteiger partial charge in [0.1, 0.15) is 0 Å². The molecule has 41 heavy (non-hydrogen) atoms. The second-order valence-electron chi connectivity index (χ2n) is 12.2. The van der Waals surface area contributed by atoms with Crippen LogP contribution in [0.3, 0.4) is 0 Å². The third-order valence-electron chi connectivity index (χ3n) is 7.99. The predicted octanol–water partition coefficient (Wildman–Crippen LogP) is 11.5. The van der Waals surface area contributed by atoms with E-state index in [1.807, 2.05) is 0 Å². The van der Waals surface area contributed by atoms with Crippen LogP contribution in [0.15, 0.2) is 0 Å². The largest absolute Gasteiger partial charge is 0.481 e. The molecule has 5 heteroatoms. The average Bonchev–Trinajstić information content (AvgIpc) is 2.93. The maximum atomic E-state index is 10.3. The van der Waals surface area contributed by atoms with Crippen LogP contribution in [0.1, 0.15) is 219 Å². The quantitative estimate of drug-likeness (QED) is 0.0596. The summed E-state index contributed by atoms with van der Waals surface area (Å²) in [4.78, 5) is 20.7. The van der Waals surface area contributed by atoms with Crippen LogP contribution in [0.4, 0.5) is 0 Å². The van der Waals surface area contributed by atoms with Gasteiger partial charge in [-0.3, -0.25) is 9.59 Å². The number of aliphatic carboxylic acids is 2. The highest BCUT2D eigenvalue weighted by atomic mass is 27.0. The minimum atomic E-state index is -0.653. The van der Waals surface area contributed by atoms with Crippen LogP contribution in [0.5, 0.6) is 0 Å². The fourth-order valence-corrected chi connectivity index (χ4v) is 5.30. The zero-order valence-electron chi connectivity index (χ0n) is 27.3. The first-order valence-electron chi connectivity index (χ1n) is 18.0. The highest BCUT2D eigenvalue weighted by molar-refractivity contribution is 5.75. The molecule has 2 N–H and O–H groups in total. The standard InChI is InChI=1S/2C18H36O2.Al.3H/c2*1-2-3-4-5-6-7-8-9-10-11-12-13-14-15-16-17-18(19)20;;;;/h2*2-17H2,1H3,(H,19,20);;;;. The van der Waals surface area contributed by atoms with E-state index in [4.69, 9.17) is 10.2 Å². The molecule has 0 rings (SSSR count). The van der Waals surface area contributed by atoms with Crippen LogP contribution in [0.25, 0.3) is 0 Å². The molecule has 0 saturated heterocycles. The van der Waals surface area contributed by atoms with E-state index in [2.05, 4.69) is 13.8 Å². The number of hydrogen-bond acceptors (Lipinski definition) is 2. The van der Waals surface area contributed by atoms with Gasteiger partial charge >= 0.3 is 11.9 Å². The van der Waals surface area contributed by atoms with Gasteiger partial charge in [0, 0.05) is 12.8 Å². The van der Waals surface area contributed by atoms with Crippen LogP contribution in [0.2, 0.25) is 0 Å². The Kier molecular flexibility index (Phi) is 45.6. The minimum absolute atomic E-state index is 0. The fraction of sp³-hybridized carbons (Fsp3) is 0.944. The molecule has 0 unspecified atom stereocenters. The van der Waals surface area contributed by atoms with E-state index in [9.17, 15) is 9.59 Å². The zero-order chi connectivity index (χ0) is 29.8. The third-order valence-corrected chi connectivity index (χ3v) is 7.99. The van der Waals surface area contributed by atoms with Crippen LogP contribution >= 0.6 is 0 Å². The summed E-state index contributed by atoms with van der Waals surface area (Å²) in [5, 5.41) is 17.0. The molecule has 0 fully saturated rings. The predicted molar refractivity (Wildman–Crippen MR) is 184 cm³/mol. The van der Waals surface area contributed by atoms with Gasteiger partial charge in [-0.25, -0.2) is 0 Å². The molecule has 0 aromatic carbocycles. The number of carboxylic acid groups (broad SMARTS) is 2. The normalized spacial score (nSPS) is 10.6. The van der Waals surface area contributed by atoms with Crippen molar-refractivity contribution in [3.05, 3.63) is 0 Å². The van der Waals surface area contributed by atoms with E-state index in [0.29, 0.717) is 12.8 Å². The van der Waals surface area contributed by atoms with Crippen LogP contribution in [-0.4, -0.2) is 39.5 Å². The maximum Gasteiger partial charge on any atom is 0.303 e. The summed E-state index contributed by atoms with van der Waals surface area (Å²) in [6.07, 6.45) is 40.4. The highest BCUT2D eigenvalue weighted by Crippen LogP contribution is 2.15. The van der Waals surface area contributed by atoms with E-state index in [1.165, 1.54) is 167 Å². The summed E-state index contributed by atoms with van der Waals surface area (Å²) >= 11 is 0. The smallest absolute Gasteiger partial charge is 0.303 e. The molecule has 0 atom stereocenters. The first kappa shape index (κ1) is 44.9. The molecule has 0 aliphatic rings. The number of rotatable bonds is 32. The second kappa shape index (κ2) is 41.6. The molecule has 0 spiro atoms. The Balaban J connectivity index is -0.000000688. The lowest BCUT2D eigenvalue weighted by atomic mass is 10.0. The molecule has 4 nitrogen and oxygen atoms in total. The van der Waals surface area contributed by atoms with Crippen LogP contribution in [-0.2, 0) is 9.59 Å². The Labute approximate surface area is 267 Å². The SMILES string of the molecule is CCCCCCCCCCCCCCCCCC(=O)O.CCCCCCCCCCCCCCCCCC(=O)O.[AlH3]. The molecular formula is C36H75AlO4. The number of hydrogen-bond donors (Lipinski definition) is 2. The van der Waals surface area contributed by atoms with Gasteiger partial charge in [0.2, 0.25) is 0 Å². The molecule has 0 aromatic heterocycles. The summed E-state index contributed by atoms with van der Waals surface area (Å²) in [6, 6.07) is 0. The van der Waals surface area contributed by atoms with Gasteiger partial charge in [0.15, 0.2) is 17.4 Å². The Morgan fingerprint density at radius 3 is 0.610 bits per heavy atom. The van der Waals surface area contributed by atoms with Gasteiger partial charge in [-0.05, 0) is 12.8 Å². The summed E-state index contributed by atoms with van der Waals surface area (Å²) in [7, 11) is 0. The topological polar surface area (TPSA) is 74.6 Å². The van der Waals surface area contributed by atoms with Crippen LogP contribution in [0, 0.1) is 0 Å². The van der Waals surface area contributed by atoms with E-state index >= 15 is 0 Å². The molecule has 0 bridgehead atoms. The first-order chi connectivity index (χ1) is 19.5. The third kappa shape index (κ3) is 49.5. The first-order valence-corrected chi connectivity index (χ1v) is 18.0. The van der Waals surface area contributed by atoms with Crippen molar-refractivity contribution in [2.24, 2.45) is 0 Å². The minimum Gasteiger partial charge on any atom is -0.481 e. The lowest BCUT2D eigenvalue weighted by molar-refractivity contribution is -0.138. The van der Waals surface area contributed by atoms with E-state index in [0.717, 1.165) is 25.7 Å². The van der Waals surface area contributed by atoms with E-state index in [1.54, 1.807) is 0 Å². The van der Waals surface area contributed by atoms with Gasteiger partial charge < -0.3 is 10.2 Å². The average molecular weight is 599 g/mol. The molecule has 0 aromatic rings. The van der Waals surface area contributed by atoms with Crippen molar-refractivity contribution in [1.82, 2.24) is 0 Å². The summed E-state index contributed by atoms with van der Waals surface area (Å²) in [6.45, 7) is 4.54. The van der Waals surface area contributed by atoms with Gasteiger partial charge in [-0.1, -0.05) is 194 Å². The van der Waals surface area contributed by atoms with Crippen molar-refractivity contribution < 1.29 is 19.8 Å². The Bertz CT molecular complexity index is 454. The van der Waals surface area contributed by atoms with Crippen molar-refractivity contribution in [3.63, 3.8) is 0 Å². The number of unbranched alkanes of at least 4 members (excludes halogenated alkanes) is 28. The molecule has 0 aliphatic heterocycles. The van der Waals surface area contributed by atoms with E-state index in [-0.39, 0.29) is 17.4 Å². The molecule has 0 heterocycles. The molecule has 0 saturated carbocycles. The van der Waals surface area contributed by atoms with E-state index < -0.39 is 11.9 Å². The molecule has 0 radical (unpaired) electrons. The summed E-state index contributed by atoms with van der Waals surface area (Å²) < 4.78 is 0. The Morgan fingerprint density at radius 1 is 0.317 bits per heavy atom. The van der Waals surface area contributed by atoms with Crippen molar-refractivity contribution in [3.8, 4) is 0 Å². The van der Waals surface area contributed by atoms with Crippen molar-refractivity contribution in [2.75, 3.05) is 0 Å². The van der Waals surface area contributed by atoms with Gasteiger partial charge in [-0.2, -0.15) is 0 Å². The zero-order valence-corrected chi connectivity index (χ0v) is 27.3. The highest BCUT2D eigenvalue weighted by Gasteiger charge is 1.98. The number of carbonyl (C=O) groups is 2. The maximum absolute atomic E-state index is 10.3.